The number of nitrogens with one attached hydrogen (secondary N) is 1. The van der Waals surface area contributed by atoms with Crippen molar-refractivity contribution >= 4 is 0 Å². The molecular weight excluding hydrogens is 200 g/mol. The third-order valence-corrected chi connectivity index (χ3v) is 3.98. The van der Waals surface area contributed by atoms with Crippen LogP contribution in [0.1, 0.15) is 32.6 Å². The lowest BCUT2D eigenvalue weighted by Crippen LogP contribution is -2.45. The van der Waals surface area contributed by atoms with E-state index in [-0.39, 0.29) is 0 Å². The zero-order chi connectivity index (χ0) is 11.2. The minimum Gasteiger partial charge on any atom is -0.374 e. The lowest BCUT2D eigenvalue weighted by Gasteiger charge is -2.29. The van der Waals surface area contributed by atoms with Crippen molar-refractivity contribution in [3.05, 3.63) is 0 Å². The van der Waals surface area contributed by atoms with Gasteiger partial charge in [0.1, 0.15) is 0 Å². The van der Waals surface area contributed by atoms with Crippen LogP contribution in [0, 0.1) is 5.92 Å². The molecule has 2 aliphatic heterocycles. The molecule has 0 spiro atoms. The first-order valence-corrected chi connectivity index (χ1v) is 6.93. The van der Waals surface area contributed by atoms with Gasteiger partial charge >= 0.3 is 0 Å². The Morgan fingerprint density at radius 1 is 1.31 bits per heavy atom. The topological polar surface area (TPSA) is 24.5 Å². The van der Waals surface area contributed by atoms with Crippen LogP contribution in [0.3, 0.4) is 0 Å². The summed E-state index contributed by atoms with van der Waals surface area (Å²) in [5.41, 5.74) is 0. The van der Waals surface area contributed by atoms with Crippen molar-refractivity contribution in [1.82, 2.24) is 10.2 Å². The summed E-state index contributed by atoms with van der Waals surface area (Å²) in [4.78, 5) is 2.60. The summed E-state index contributed by atoms with van der Waals surface area (Å²) in [5, 5.41) is 3.41. The smallest absolute Gasteiger partial charge is 0.0826 e. The molecule has 0 amide bonds. The van der Waals surface area contributed by atoms with Crippen LogP contribution in [0.5, 0.6) is 0 Å². The van der Waals surface area contributed by atoms with E-state index in [0.717, 1.165) is 32.2 Å². The van der Waals surface area contributed by atoms with E-state index in [1.807, 2.05) is 0 Å². The van der Waals surface area contributed by atoms with E-state index in [1.165, 1.54) is 38.8 Å². The molecule has 2 rings (SSSR count). The Morgan fingerprint density at radius 3 is 3.00 bits per heavy atom. The van der Waals surface area contributed by atoms with E-state index in [9.17, 15) is 0 Å². The van der Waals surface area contributed by atoms with Gasteiger partial charge < -0.3 is 15.0 Å². The first kappa shape index (κ1) is 12.3. The maximum atomic E-state index is 5.77. The second-order valence-corrected chi connectivity index (χ2v) is 5.20. The standard InChI is InChI=1S/C13H26N2O/c1-2-12-4-3-7-15(8-5-12)11-13-10-14-6-9-16-13/h12-14H,2-11H2,1H3. The molecule has 2 fully saturated rings. The minimum atomic E-state index is 0.423. The van der Waals surface area contributed by atoms with Crippen LogP contribution >= 0.6 is 0 Å². The molecule has 3 nitrogen and oxygen atoms in total. The summed E-state index contributed by atoms with van der Waals surface area (Å²) in [6, 6.07) is 0. The highest BCUT2D eigenvalue weighted by atomic mass is 16.5. The third kappa shape index (κ3) is 3.72. The van der Waals surface area contributed by atoms with Crippen molar-refractivity contribution in [2.45, 2.75) is 38.7 Å². The summed E-state index contributed by atoms with van der Waals surface area (Å²) in [7, 11) is 0. The molecule has 2 heterocycles. The van der Waals surface area contributed by atoms with Crippen LogP contribution in [-0.2, 0) is 4.74 Å². The average Bonchev–Trinajstić information content (AvgIpc) is 2.56. The van der Waals surface area contributed by atoms with Gasteiger partial charge in [0.05, 0.1) is 12.7 Å². The van der Waals surface area contributed by atoms with Crippen LogP contribution in [0.25, 0.3) is 0 Å². The normalized spacial score (nSPS) is 33.6. The maximum absolute atomic E-state index is 5.77. The Kier molecular flexibility index (Phi) is 5.07. The monoisotopic (exact) mass is 226 g/mol. The highest BCUT2D eigenvalue weighted by Gasteiger charge is 2.20. The van der Waals surface area contributed by atoms with Gasteiger partial charge in [0, 0.05) is 19.6 Å². The Bertz CT molecular complexity index is 192. The number of hydrogen-bond donors (Lipinski definition) is 1. The average molecular weight is 226 g/mol. The summed E-state index contributed by atoms with van der Waals surface area (Å²) in [6.07, 6.45) is 5.97. The molecule has 0 aromatic carbocycles. The van der Waals surface area contributed by atoms with Crippen LogP contribution < -0.4 is 5.32 Å². The number of likely N-dealkylation sites (tertiary alicyclic amines) is 1. The van der Waals surface area contributed by atoms with Crippen LogP contribution in [-0.4, -0.2) is 50.3 Å². The molecule has 3 heteroatoms. The number of nitrogens with zero attached hydrogens (tertiary/aromatic N) is 1. The fourth-order valence-corrected chi connectivity index (χ4v) is 2.84. The first-order chi connectivity index (χ1) is 7.88. The summed E-state index contributed by atoms with van der Waals surface area (Å²) >= 11 is 0. The molecule has 1 N–H and O–H groups in total. The van der Waals surface area contributed by atoms with Crippen LogP contribution in [0.4, 0.5) is 0 Å². The summed E-state index contributed by atoms with van der Waals surface area (Å²) in [6.45, 7) is 8.95. The molecular formula is C13H26N2O. The van der Waals surface area contributed by atoms with Gasteiger partial charge in [0.15, 0.2) is 0 Å². The zero-order valence-electron chi connectivity index (χ0n) is 10.6. The molecule has 16 heavy (non-hydrogen) atoms. The van der Waals surface area contributed by atoms with Gasteiger partial charge in [-0.3, -0.25) is 0 Å². The van der Waals surface area contributed by atoms with Crippen molar-refractivity contribution in [3.63, 3.8) is 0 Å². The highest BCUT2D eigenvalue weighted by molar-refractivity contribution is 4.75. The van der Waals surface area contributed by atoms with Crippen molar-refractivity contribution < 1.29 is 4.74 Å². The van der Waals surface area contributed by atoms with Gasteiger partial charge in [-0.2, -0.15) is 0 Å². The van der Waals surface area contributed by atoms with Gasteiger partial charge in [-0.15, -0.1) is 0 Å². The van der Waals surface area contributed by atoms with E-state index < -0.39 is 0 Å². The maximum Gasteiger partial charge on any atom is 0.0826 e. The van der Waals surface area contributed by atoms with Crippen molar-refractivity contribution in [1.29, 1.82) is 0 Å². The Balaban J connectivity index is 1.72. The fourth-order valence-electron chi connectivity index (χ4n) is 2.84. The molecule has 2 saturated heterocycles. The Labute approximate surface area is 99.5 Å². The molecule has 0 aliphatic carbocycles. The quantitative estimate of drug-likeness (QED) is 0.789. The molecule has 0 saturated carbocycles. The molecule has 94 valence electrons. The Hall–Kier alpha value is -0.120. The number of ether oxygens (including phenoxy) is 1. The van der Waals surface area contributed by atoms with Crippen molar-refractivity contribution in [2.75, 3.05) is 39.3 Å². The molecule has 2 unspecified atom stereocenters. The van der Waals surface area contributed by atoms with E-state index in [4.69, 9.17) is 4.74 Å². The van der Waals surface area contributed by atoms with Crippen LogP contribution in [0.2, 0.25) is 0 Å². The number of rotatable bonds is 3. The predicted octanol–water partition coefficient (Wildman–Crippen LogP) is 1.49. The van der Waals surface area contributed by atoms with E-state index in [0.29, 0.717) is 6.10 Å². The lowest BCUT2D eigenvalue weighted by molar-refractivity contribution is 0.00597. The number of morpholine rings is 1. The van der Waals surface area contributed by atoms with Gasteiger partial charge in [-0.1, -0.05) is 13.3 Å². The summed E-state index contributed by atoms with van der Waals surface area (Å²) < 4.78 is 5.77. The molecule has 2 atom stereocenters. The SMILES string of the molecule is CCC1CCCN(CC2CNCCO2)CC1. The second kappa shape index (κ2) is 6.58. The fraction of sp³-hybridized carbons (Fsp3) is 1.00. The van der Waals surface area contributed by atoms with Gasteiger partial charge in [-0.25, -0.2) is 0 Å². The molecule has 0 aromatic heterocycles. The highest BCUT2D eigenvalue weighted by Crippen LogP contribution is 2.20. The minimum absolute atomic E-state index is 0.423. The zero-order valence-corrected chi connectivity index (χ0v) is 10.6. The largest absolute Gasteiger partial charge is 0.374 e. The van der Waals surface area contributed by atoms with Gasteiger partial charge in [0.25, 0.3) is 0 Å². The number of hydrogen-bond acceptors (Lipinski definition) is 3. The van der Waals surface area contributed by atoms with E-state index in [2.05, 4.69) is 17.1 Å². The predicted molar refractivity (Wildman–Crippen MR) is 66.7 cm³/mol. The van der Waals surface area contributed by atoms with E-state index in [1.54, 1.807) is 0 Å². The Morgan fingerprint density at radius 2 is 2.25 bits per heavy atom. The molecule has 0 bridgehead atoms. The van der Waals surface area contributed by atoms with Crippen molar-refractivity contribution in [3.8, 4) is 0 Å². The molecule has 0 radical (unpaired) electrons. The summed E-state index contributed by atoms with van der Waals surface area (Å²) in [5.74, 6) is 0.968. The first-order valence-electron chi connectivity index (χ1n) is 6.93. The molecule has 0 aromatic rings. The third-order valence-electron chi connectivity index (χ3n) is 3.98. The lowest BCUT2D eigenvalue weighted by atomic mass is 9.98. The van der Waals surface area contributed by atoms with Crippen LogP contribution in [0.15, 0.2) is 0 Å². The van der Waals surface area contributed by atoms with E-state index >= 15 is 0 Å². The molecule has 2 aliphatic rings. The van der Waals surface area contributed by atoms with Gasteiger partial charge in [0.2, 0.25) is 0 Å². The van der Waals surface area contributed by atoms with Crippen molar-refractivity contribution in [2.24, 2.45) is 5.92 Å². The second-order valence-electron chi connectivity index (χ2n) is 5.20. The van der Waals surface area contributed by atoms with Gasteiger partial charge in [-0.05, 0) is 38.3 Å².